The highest BCUT2D eigenvalue weighted by Crippen LogP contribution is 2.12. The zero-order chi connectivity index (χ0) is 12.8. The van der Waals surface area contributed by atoms with Gasteiger partial charge in [-0.3, -0.25) is 4.79 Å². The number of thiocarbonyl (C=S) groups is 1. The molecule has 1 aromatic carbocycles. The number of carbonyl (C=O) groups excluding carboxylic acids is 1. The number of nitrogens with two attached hydrogens (primary N) is 1. The lowest BCUT2D eigenvalue weighted by atomic mass is 10.0. The van der Waals surface area contributed by atoms with Gasteiger partial charge in [0.05, 0.1) is 4.99 Å². The standard InChI is InChI=1S/C13H18N2OS/c1-9-5-3-6-10(2)12(9)13(16)15-8-4-7-11(14)17/h3,5-6H,4,7-8H2,1-2H3,(H2,14,17)(H,15,16). The van der Waals surface area contributed by atoms with Crippen LogP contribution in [0.4, 0.5) is 0 Å². The highest BCUT2D eigenvalue weighted by Gasteiger charge is 2.10. The molecule has 0 aromatic heterocycles. The number of carbonyl (C=O) groups is 1. The van der Waals surface area contributed by atoms with E-state index in [-0.39, 0.29) is 5.91 Å². The molecule has 1 amide bonds. The Morgan fingerprint density at radius 1 is 1.35 bits per heavy atom. The first kappa shape index (κ1) is 13.6. The molecule has 0 radical (unpaired) electrons. The van der Waals surface area contributed by atoms with Gasteiger partial charge >= 0.3 is 0 Å². The van der Waals surface area contributed by atoms with Crippen LogP contribution in [-0.4, -0.2) is 17.4 Å². The normalized spacial score (nSPS) is 10.0. The van der Waals surface area contributed by atoms with E-state index >= 15 is 0 Å². The number of hydrogen-bond acceptors (Lipinski definition) is 2. The van der Waals surface area contributed by atoms with Crippen molar-refractivity contribution in [1.29, 1.82) is 0 Å². The van der Waals surface area contributed by atoms with Crippen molar-refractivity contribution >= 4 is 23.1 Å². The summed E-state index contributed by atoms with van der Waals surface area (Å²) in [5.41, 5.74) is 8.15. The molecule has 17 heavy (non-hydrogen) atoms. The first-order chi connectivity index (χ1) is 8.02. The van der Waals surface area contributed by atoms with Crippen molar-refractivity contribution in [3.8, 4) is 0 Å². The van der Waals surface area contributed by atoms with E-state index < -0.39 is 0 Å². The van der Waals surface area contributed by atoms with Crippen molar-refractivity contribution < 1.29 is 4.79 Å². The third kappa shape index (κ3) is 4.15. The Kier molecular flexibility index (Phi) is 5.10. The molecule has 0 fully saturated rings. The predicted molar refractivity (Wildman–Crippen MR) is 74.3 cm³/mol. The molecule has 92 valence electrons. The van der Waals surface area contributed by atoms with Gasteiger partial charge in [0.25, 0.3) is 5.91 Å². The van der Waals surface area contributed by atoms with E-state index in [2.05, 4.69) is 5.32 Å². The van der Waals surface area contributed by atoms with Gasteiger partial charge in [-0.25, -0.2) is 0 Å². The van der Waals surface area contributed by atoms with Crippen LogP contribution < -0.4 is 11.1 Å². The van der Waals surface area contributed by atoms with Crippen molar-refractivity contribution in [2.24, 2.45) is 5.73 Å². The quantitative estimate of drug-likeness (QED) is 0.621. The fourth-order valence-electron chi connectivity index (χ4n) is 1.73. The second-order valence-electron chi connectivity index (χ2n) is 4.09. The highest BCUT2D eigenvalue weighted by atomic mass is 32.1. The minimum absolute atomic E-state index is 0.0245. The summed E-state index contributed by atoms with van der Waals surface area (Å²) in [7, 11) is 0. The molecule has 0 aliphatic carbocycles. The molecule has 0 aliphatic heterocycles. The third-order valence-corrected chi connectivity index (χ3v) is 2.80. The first-order valence-corrected chi connectivity index (χ1v) is 6.06. The summed E-state index contributed by atoms with van der Waals surface area (Å²) in [6, 6.07) is 5.84. The Labute approximate surface area is 107 Å². The van der Waals surface area contributed by atoms with E-state index in [1.165, 1.54) is 0 Å². The maximum atomic E-state index is 12.0. The summed E-state index contributed by atoms with van der Waals surface area (Å²) in [4.78, 5) is 12.4. The zero-order valence-electron chi connectivity index (χ0n) is 10.2. The summed E-state index contributed by atoms with van der Waals surface area (Å²) in [6.45, 7) is 4.48. The topological polar surface area (TPSA) is 55.1 Å². The van der Waals surface area contributed by atoms with Crippen molar-refractivity contribution in [3.63, 3.8) is 0 Å². The van der Waals surface area contributed by atoms with Crippen molar-refractivity contribution in [2.75, 3.05) is 6.54 Å². The molecule has 0 saturated heterocycles. The molecule has 0 atom stereocenters. The number of amides is 1. The van der Waals surface area contributed by atoms with Crippen LogP contribution in [0.15, 0.2) is 18.2 Å². The highest BCUT2D eigenvalue weighted by molar-refractivity contribution is 7.80. The molecule has 0 saturated carbocycles. The molecule has 0 aliphatic rings. The lowest BCUT2D eigenvalue weighted by molar-refractivity contribution is 0.0952. The van der Waals surface area contributed by atoms with Crippen molar-refractivity contribution in [1.82, 2.24) is 5.32 Å². The maximum Gasteiger partial charge on any atom is 0.251 e. The van der Waals surface area contributed by atoms with Crippen LogP contribution >= 0.6 is 12.2 Å². The molecular formula is C13H18N2OS. The second kappa shape index (κ2) is 6.35. The molecule has 0 spiro atoms. The molecule has 3 nitrogen and oxygen atoms in total. The van der Waals surface area contributed by atoms with Gasteiger partial charge in [0.2, 0.25) is 0 Å². The van der Waals surface area contributed by atoms with Crippen LogP contribution in [0.5, 0.6) is 0 Å². The van der Waals surface area contributed by atoms with Gasteiger partial charge in [0, 0.05) is 12.1 Å². The van der Waals surface area contributed by atoms with Crippen LogP contribution in [0.1, 0.15) is 34.3 Å². The first-order valence-electron chi connectivity index (χ1n) is 5.65. The average molecular weight is 250 g/mol. The largest absolute Gasteiger partial charge is 0.393 e. The van der Waals surface area contributed by atoms with Gasteiger partial charge < -0.3 is 11.1 Å². The van der Waals surface area contributed by atoms with Crippen LogP contribution in [0.3, 0.4) is 0 Å². The molecule has 3 N–H and O–H groups in total. The van der Waals surface area contributed by atoms with E-state index in [4.69, 9.17) is 18.0 Å². The third-order valence-electron chi connectivity index (χ3n) is 2.59. The Morgan fingerprint density at radius 3 is 2.47 bits per heavy atom. The van der Waals surface area contributed by atoms with Gasteiger partial charge in [-0.15, -0.1) is 0 Å². The summed E-state index contributed by atoms with van der Waals surface area (Å²) in [5, 5.41) is 2.88. The average Bonchev–Trinajstić information content (AvgIpc) is 2.24. The molecular weight excluding hydrogens is 232 g/mol. The number of nitrogens with one attached hydrogen (secondary N) is 1. The lowest BCUT2D eigenvalue weighted by Gasteiger charge is -2.10. The molecule has 0 unspecified atom stereocenters. The summed E-state index contributed by atoms with van der Waals surface area (Å²) in [6.07, 6.45) is 1.45. The van der Waals surface area contributed by atoms with Crippen molar-refractivity contribution in [2.45, 2.75) is 26.7 Å². The number of benzene rings is 1. The Bertz CT molecular complexity index is 409. The summed E-state index contributed by atoms with van der Waals surface area (Å²) >= 11 is 4.77. The van der Waals surface area contributed by atoms with E-state index in [9.17, 15) is 4.79 Å². The zero-order valence-corrected chi connectivity index (χ0v) is 11.1. The van der Waals surface area contributed by atoms with Gasteiger partial charge in [-0.1, -0.05) is 30.4 Å². The molecule has 1 rings (SSSR count). The minimum Gasteiger partial charge on any atom is -0.393 e. The molecule has 0 bridgehead atoms. The van der Waals surface area contributed by atoms with Crippen LogP contribution in [-0.2, 0) is 0 Å². The fraction of sp³-hybridized carbons (Fsp3) is 0.385. The minimum atomic E-state index is -0.0245. The number of aryl methyl sites for hydroxylation is 2. The van der Waals surface area contributed by atoms with Crippen LogP contribution in [0.25, 0.3) is 0 Å². The molecule has 0 heterocycles. The SMILES string of the molecule is Cc1cccc(C)c1C(=O)NCCCC(N)=S. The van der Waals surface area contributed by atoms with E-state index in [0.29, 0.717) is 18.0 Å². The summed E-state index contributed by atoms with van der Waals surface area (Å²) in [5.74, 6) is -0.0245. The predicted octanol–water partition coefficient (Wildman–Crippen LogP) is 2.10. The van der Waals surface area contributed by atoms with Gasteiger partial charge in [-0.05, 0) is 37.8 Å². The van der Waals surface area contributed by atoms with Gasteiger partial charge in [0.15, 0.2) is 0 Å². The lowest BCUT2D eigenvalue weighted by Crippen LogP contribution is -2.26. The van der Waals surface area contributed by atoms with Gasteiger partial charge in [-0.2, -0.15) is 0 Å². The number of hydrogen-bond donors (Lipinski definition) is 2. The Morgan fingerprint density at radius 2 is 1.94 bits per heavy atom. The number of rotatable bonds is 5. The maximum absolute atomic E-state index is 12.0. The fourth-order valence-corrected chi connectivity index (χ4v) is 1.87. The van der Waals surface area contributed by atoms with Crippen LogP contribution in [0.2, 0.25) is 0 Å². The van der Waals surface area contributed by atoms with E-state index in [0.717, 1.165) is 23.1 Å². The Balaban J connectivity index is 2.55. The van der Waals surface area contributed by atoms with Crippen molar-refractivity contribution in [3.05, 3.63) is 34.9 Å². The van der Waals surface area contributed by atoms with E-state index in [1.807, 2.05) is 32.0 Å². The molecule has 4 heteroatoms. The summed E-state index contributed by atoms with van der Waals surface area (Å²) < 4.78 is 0. The Hall–Kier alpha value is -1.42. The monoisotopic (exact) mass is 250 g/mol. The smallest absolute Gasteiger partial charge is 0.251 e. The van der Waals surface area contributed by atoms with Gasteiger partial charge in [0.1, 0.15) is 0 Å². The van der Waals surface area contributed by atoms with Crippen LogP contribution in [0, 0.1) is 13.8 Å². The molecule has 1 aromatic rings. The van der Waals surface area contributed by atoms with E-state index in [1.54, 1.807) is 0 Å². The second-order valence-corrected chi connectivity index (χ2v) is 4.62.